The van der Waals surface area contributed by atoms with Crippen LogP contribution in [-0.4, -0.2) is 42.6 Å². The topological polar surface area (TPSA) is 99.9 Å². The van der Waals surface area contributed by atoms with E-state index in [0.717, 1.165) is 11.3 Å². The predicted octanol–water partition coefficient (Wildman–Crippen LogP) is 0.966. The summed E-state index contributed by atoms with van der Waals surface area (Å²) in [5.74, 6) is 0.00916. The van der Waals surface area contributed by atoms with Gasteiger partial charge in [0.2, 0.25) is 5.91 Å². The van der Waals surface area contributed by atoms with Crippen LogP contribution in [0.15, 0.2) is 11.1 Å². The smallest absolute Gasteiger partial charge is 0.230 e. The fraction of sp³-hybridized carbons (Fsp3) is 0.500. The zero-order chi connectivity index (χ0) is 16.3. The summed E-state index contributed by atoms with van der Waals surface area (Å²) >= 11 is 1.20. The van der Waals surface area contributed by atoms with Crippen molar-refractivity contribution in [2.45, 2.75) is 31.3 Å². The Morgan fingerprint density at radius 3 is 2.86 bits per heavy atom. The van der Waals surface area contributed by atoms with E-state index in [1.54, 1.807) is 0 Å². The number of carbonyl (C=O) groups is 1. The van der Waals surface area contributed by atoms with Gasteiger partial charge in [0.25, 0.3) is 0 Å². The zero-order valence-corrected chi connectivity index (χ0v) is 14.1. The molecule has 22 heavy (non-hydrogen) atoms. The third-order valence-electron chi connectivity index (χ3n) is 3.36. The van der Waals surface area contributed by atoms with E-state index < -0.39 is 9.84 Å². The molecule has 1 aromatic heterocycles. The predicted molar refractivity (Wildman–Crippen MR) is 84.4 cm³/mol. The molecule has 0 aromatic carbocycles. The summed E-state index contributed by atoms with van der Waals surface area (Å²) in [6.45, 7) is 3.67. The standard InChI is InChI=1S/C14H17N3O3S2/c1-9-5-10(2)16-14(12(9)6-15)21-7-13(18)17-11-3-4-22(19,20)8-11/h5,11H,3-4,7-8H2,1-2H3,(H,17,18)/t11-/m1/s1. The van der Waals surface area contributed by atoms with Crippen LogP contribution in [0.3, 0.4) is 0 Å². The first-order chi connectivity index (χ1) is 10.3. The number of nitrogens with one attached hydrogen (secondary N) is 1. The van der Waals surface area contributed by atoms with E-state index in [-0.39, 0.29) is 29.2 Å². The molecule has 1 fully saturated rings. The van der Waals surface area contributed by atoms with Gasteiger partial charge in [-0.1, -0.05) is 11.8 Å². The third kappa shape index (κ3) is 4.21. The number of hydrogen-bond acceptors (Lipinski definition) is 6. The average molecular weight is 339 g/mol. The van der Waals surface area contributed by atoms with Crippen LogP contribution < -0.4 is 5.32 Å². The molecule has 0 saturated carbocycles. The Labute approximate surface area is 134 Å². The molecule has 1 N–H and O–H groups in total. The summed E-state index contributed by atoms with van der Waals surface area (Å²) < 4.78 is 22.7. The number of carbonyl (C=O) groups excluding carboxylic acids is 1. The second kappa shape index (κ2) is 6.67. The molecule has 8 heteroatoms. The lowest BCUT2D eigenvalue weighted by molar-refractivity contribution is -0.119. The van der Waals surface area contributed by atoms with Crippen LogP contribution in [0.2, 0.25) is 0 Å². The third-order valence-corrected chi connectivity index (χ3v) is 6.10. The van der Waals surface area contributed by atoms with E-state index in [4.69, 9.17) is 0 Å². The molecule has 0 bridgehead atoms. The van der Waals surface area contributed by atoms with Crippen LogP contribution in [-0.2, 0) is 14.6 Å². The van der Waals surface area contributed by atoms with Crippen molar-refractivity contribution in [2.75, 3.05) is 17.3 Å². The van der Waals surface area contributed by atoms with Gasteiger partial charge in [0.05, 0.1) is 22.8 Å². The van der Waals surface area contributed by atoms with Gasteiger partial charge in [-0.2, -0.15) is 5.26 Å². The summed E-state index contributed by atoms with van der Waals surface area (Å²) in [4.78, 5) is 16.2. The van der Waals surface area contributed by atoms with Crippen molar-refractivity contribution in [1.82, 2.24) is 10.3 Å². The molecule has 0 radical (unpaired) electrons. The lowest BCUT2D eigenvalue weighted by atomic mass is 10.1. The summed E-state index contributed by atoms with van der Waals surface area (Å²) in [6, 6.07) is 3.62. The fourth-order valence-corrected chi connectivity index (χ4v) is 4.94. The minimum Gasteiger partial charge on any atom is -0.352 e. The summed E-state index contributed by atoms with van der Waals surface area (Å²) in [5.41, 5.74) is 2.10. The molecule has 118 valence electrons. The van der Waals surface area contributed by atoms with Gasteiger partial charge < -0.3 is 5.32 Å². The second-order valence-electron chi connectivity index (χ2n) is 5.33. The maximum absolute atomic E-state index is 11.9. The number of pyridine rings is 1. The number of aryl methyl sites for hydroxylation is 2. The summed E-state index contributed by atoms with van der Waals surface area (Å²) in [5, 5.41) is 12.4. The van der Waals surface area contributed by atoms with E-state index >= 15 is 0 Å². The van der Waals surface area contributed by atoms with Gasteiger partial charge in [-0.05, 0) is 31.9 Å². The van der Waals surface area contributed by atoms with Crippen molar-refractivity contribution < 1.29 is 13.2 Å². The first-order valence-corrected chi connectivity index (χ1v) is 9.62. The minimum atomic E-state index is -3.01. The number of nitrogens with zero attached hydrogens (tertiary/aromatic N) is 2. The van der Waals surface area contributed by atoms with Gasteiger partial charge in [-0.25, -0.2) is 13.4 Å². The zero-order valence-electron chi connectivity index (χ0n) is 12.4. The van der Waals surface area contributed by atoms with Gasteiger partial charge in [0, 0.05) is 11.7 Å². The largest absolute Gasteiger partial charge is 0.352 e. The van der Waals surface area contributed by atoms with Gasteiger partial charge in [0.15, 0.2) is 9.84 Å². The van der Waals surface area contributed by atoms with Gasteiger partial charge in [-0.15, -0.1) is 0 Å². The second-order valence-corrected chi connectivity index (χ2v) is 8.52. The molecule has 1 aromatic rings. The molecule has 1 atom stereocenters. The van der Waals surface area contributed by atoms with Crippen molar-refractivity contribution in [3.05, 3.63) is 22.9 Å². The Kier molecular flexibility index (Phi) is 5.08. The van der Waals surface area contributed by atoms with Crippen molar-refractivity contribution >= 4 is 27.5 Å². The molecule has 0 aliphatic carbocycles. The first-order valence-electron chi connectivity index (χ1n) is 6.81. The fourth-order valence-electron chi connectivity index (χ4n) is 2.36. The normalized spacial score (nSPS) is 19.6. The van der Waals surface area contributed by atoms with Crippen LogP contribution in [0.4, 0.5) is 0 Å². The molecule has 6 nitrogen and oxygen atoms in total. The molecular formula is C14H17N3O3S2. The number of sulfone groups is 1. The average Bonchev–Trinajstić information content (AvgIpc) is 2.75. The Balaban J connectivity index is 1.96. The van der Waals surface area contributed by atoms with E-state index in [9.17, 15) is 18.5 Å². The highest BCUT2D eigenvalue weighted by molar-refractivity contribution is 8.00. The van der Waals surface area contributed by atoms with Gasteiger partial charge in [0.1, 0.15) is 11.1 Å². The van der Waals surface area contributed by atoms with E-state index in [2.05, 4.69) is 16.4 Å². The van der Waals surface area contributed by atoms with E-state index in [1.807, 2.05) is 19.9 Å². The lowest BCUT2D eigenvalue weighted by Gasteiger charge is -2.11. The van der Waals surface area contributed by atoms with Crippen LogP contribution in [0.1, 0.15) is 23.2 Å². The van der Waals surface area contributed by atoms with Crippen molar-refractivity contribution in [1.29, 1.82) is 5.26 Å². The SMILES string of the molecule is Cc1cc(C)c(C#N)c(SCC(=O)N[C@@H]2CCS(=O)(=O)C2)n1. The number of hydrogen-bond donors (Lipinski definition) is 1. The highest BCUT2D eigenvalue weighted by Gasteiger charge is 2.28. The quantitative estimate of drug-likeness (QED) is 0.820. The van der Waals surface area contributed by atoms with Crippen LogP contribution >= 0.6 is 11.8 Å². The lowest BCUT2D eigenvalue weighted by Crippen LogP contribution is -2.36. The Bertz CT molecular complexity index is 738. The first kappa shape index (κ1) is 16.8. The van der Waals surface area contributed by atoms with E-state index in [0.29, 0.717) is 17.0 Å². The summed E-state index contributed by atoms with van der Waals surface area (Å²) in [6.07, 6.45) is 0.462. The Hall–Kier alpha value is -1.59. The molecular weight excluding hydrogens is 322 g/mol. The molecule has 1 aliphatic rings. The highest BCUT2D eigenvalue weighted by atomic mass is 32.2. The molecule has 0 spiro atoms. The Morgan fingerprint density at radius 2 is 2.27 bits per heavy atom. The molecule has 2 heterocycles. The van der Waals surface area contributed by atoms with Crippen LogP contribution in [0.5, 0.6) is 0 Å². The maximum atomic E-state index is 11.9. The van der Waals surface area contributed by atoms with Crippen LogP contribution in [0.25, 0.3) is 0 Å². The highest BCUT2D eigenvalue weighted by Crippen LogP contribution is 2.23. The molecule has 2 rings (SSSR count). The molecule has 1 aliphatic heterocycles. The van der Waals surface area contributed by atoms with Gasteiger partial charge in [-0.3, -0.25) is 4.79 Å². The van der Waals surface area contributed by atoms with Crippen molar-refractivity contribution in [3.8, 4) is 6.07 Å². The number of rotatable bonds is 4. The number of nitriles is 1. The van der Waals surface area contributed by atoms with Crippen molar-refractivity contribution in [3.63, 3.8) is 0 Å². The monoisotopic (exact) mass is 339 g/mol. The minimum absolute atomic E-state index is 0.00859. The Morgan fingerprint density at radius 1 is 1.55 bits per heavy atom. The summed E-state index contributed by atoms with van der Waals surface area (Å²) in [7, 11) is -3.01. The van der Waals surface area contributed by atoms with Crippen LogP contribution in [0, 0.1) is 25.2 Å². The van der Waals surface area contributed by atoms with E-state index in [1.165, 1.54) is 11.8 Å². The molecule has 0 unspecified atom stereocenters. The molecule has 1 amide bonds. The van der Waals surface area contributed by atoms with Gasteiger partial charge >= 0.3 is 0 Å². The maximum Gasteiger partial charge on any atom is 0.230 e. The number of aromatic nitrogens is 1. The number of amides is 1. The van der Waals surface area contributed by atoms with Crippen molar-refractivity contribution in [2.24, 2.45) is 0 Å². The molecule has 1 saturated heterocycles. The number of thioether (sulfide) groups is 1.